The molecule has 2 heterocycles. The molecular formula is C12H14O3S. The Morgan fingerprint density at radius 1 is 1.12 bits per heavy atom. The van der Waals surface area contributed by atoms with Crippen LogP contribution in [0.15, 0.2) is 18.2 Å². The normalized spacial score (nSPS) is 21.3. The number of thiol groups is 1. The van der Waals surface area contributed by atoms with Gasteiger partial charge in [0, 0.05) is 5.75 Å². The van der Waals surface area contributed by atoms with E-state index in [9.17, 15) is 0 Å². The molecule has 0 bridgehead atoms. The molecule has 3 rings (SSSR count). The van der Waals surface area contributed by atoms with E-state index in [1.165, 1.54) is 5.56 Å². The third-order valence-corrected chi connectivity index (χ3v) is 3.82. The number of ether oxygens (including phenoxy) is 3. The van der Waals surface area contributed by atoms with Gasteiger partial charge in [0.05, 0.1) is 18.6 Å². The van der Waals surface area contributed by atoms with Gasteiger partial charge in [-0.3, -0.25) is 0 Å². The molecule has 1 fully saturated rings. The van der Waals surface area contributed by atoms with E-state index in [-0.39, 0.29) is 5.41 Å². The maximum absolute atomic E-state index is 5.58. The fraction of sp³-hybridized carbons (Fsp3) is 0.500. The summed E-state index contributed by atoms with van der Waals surface area (Å²) in [5.41, 5.74) is 1.30. The molecule has 86 valence electrons. The quantitative estimate of drug-likeness (QED) is 0.794. The van der Waals surface area contributed by atoms with Crippen LogP contribution in [0.25, 0.3) is 0 Å². The van der Waals surface area contributed by atoms with Gasteiger partial charge >= 0.3 is 0 Å². The lowest BCUT2D eigenvalue weighted by Crippen LogP contribution is -2.48. The molecule has 1 aromatic rings. The Hall–Kier alpha value is -0.870. The summed E-state index contributed by atoms with van der Waals surface area (Å²) in [4.78, 5) is 0. The Kier molecular flexibility index (Phi) is 2.48. The first-order chi connectivity index (χ1) is 7.84. The standard InChI is InChI=1S/C12H14O3S/c16-8-12(6-13-7-12)9-1-2-10-11(5-9)15-4-3-14-10/h1-2,5,16H,3-4,6-8H2. The van der Waals surface area contributed by atoms with Gasteiger partial charge in [0.15, 0.2) is 11.5 Å². The first-order valence-electron chi connectivity index (χ1n) is 5.43. The fourth-order valence-electron chi connectivity index (χ4n) is 2.07. The highest BCUT2D eigenvalue weighted by Crippen LogP contribution is 2.39. The molecule has 2 aliphatic rings. The highest BCUT2D eigenvalue weighted by molar-refractivity contribution is 7.80. The lowest BCUT2D eigenvalue weighted by Gasteiger charge is -2.41. The highest BCUT2D eigenvalue weighted by atomic mass is 32.1. The van der Waals surface area contributed by atoms with Crippen molar-refractivity contribution in [3.63, 3.8) is 0 Å². The van der Waals surface area contributed by atoms with Gasteiger partial charge in [-0.25, -0.2) is 0 Å². The Labute approximate surface area is 100 Å². The van der Waals surface area contributed by atoms with Crippen molar-refractivity contribution in [3.8, 4) is 11.5 Å². The van der Waals surface area contributed by atoms with Gasteiger partial charge in [-0.1, -0.05) is 6.07 Å². The van der Waals surface area contributed by atoms with E-state index in [2.05, 4.69) is 24.8 Å². The minimum absolute atomic E-state index is 0.0684. The smallest absolute Gasteiger partial charge is 0.161 e. The summed E-state index contributed by atoms with van der Waals surface area (Å²) in [6.07, 6.45) is 0. The predicted molar refractivity (Wildman–Crippen MR) is 63.8 cm³/mol. The number of rotatable bonds is 2. The van der Waals surface area contributed by atoms with Crippen LogP contribution in [0.1, 0.15) is 5.56 Å². The zero-order valence-corrected chi connectivity index (χ0v) is 9.83. The van der Waals surface area contributed by atoms with Gasteiger partial charge in [-0.2, -0.15) is 12.6 Å². The molecule has 0 spiro atoms. The molecule has 0 saturated carbocycles. The van der Waals surface area contributed by atoms with Crippen LogP contribution in [0, 0.1) is 0 Å². The first-order valence-corrected chi connectivity index (χ1v) is 6.06. The maximum Gasteiger partial charge on any atom is 0.161 e. The van der Waals surface area contributed by atoms with E-state index in [4.69, 9.17) is 14.2 Å². The average Bonchev–Trinajstić information content (AvgIpc) is 2.28. The van der Waals surface area contributed by atoms with Crippen LogP contribution in [-0.2, 0) is 10.2 Å². The molecule has 0 atom stereocenters. The third kappa shape index (κ3) is 1.48. The van der Waals surface area contributed by atoms with E-state index in [1.807, 2.05) is 6.07 Å². The van der Waals surface area contributed by atoms with Crippen molar-refractivity contribution >= 4 is 12.6 Å². The zero-order valence-electron chi connectivity index (χ0n) is 8.94. The second kappa shape index (κ2) is 3.86. The molecule has 1 saturated heterocycles. The lowest BCUT2D eigenvalue weighted by molar-refractivity contribution is -0.0472. The fourth-order valence-corrected chi connectivity index (χ4v) is 2.44. The van der Waals surface area contributed by atoms with Gasteiger partial charge < -0.3 is 14.2 Å². The first kappa shape index (κ1) is 10.3. The summed E-state index contributed by atoms with van der Waals surface area (Å²) in [6.45, 7) is 2.75. The van der Waals surface area contributed by atoms with Gasteiger partial charge in [-0.15, -0.1) is 0 Å². The van der Waals surface area contributed by atoms with Crippen LogP contribution in [0.2, 0.25) is 0 Å². The monoisotopic (exact) mass is 238 g/mol. The van der Waals surface area contributed by atoms with Crippen LogP contribution >= 0.6 is 12.6 Å². The van der Waals surface area contributed by atoms with Crippen LogP contribution in [0.4, 0.5) is 0 Å². The minimum Gasteiger partial charge on any atom is -0.486 e. The van der Waals surface area contributed by atoms with E-state index >= 15 is 0 Å². The third-order valence-electron chi connectivity index (χ3n) is 3.21. The molecule has 2 aliphatic heterocycles. The molecule has 1 aromatic carbocycles. The molecule has 0 aliphatic carbocycles. The van der Waals surface area contributed by atoms with E-state index in [0.29, 0.717) is 13.2 Å². The number of benzene rings is 1. The summed E-state index contributed by atoms with van der Waals surface area (Å²) in [7, 11) is 0. The summed E-state index contributed by atoms with van der Waals surface area (Å²) >= 11 is 4.42. The van der Waals surface area contributed by atoms with Crippen molar-refractivity contribution in [1.29, 1.82) is 0 Å². The van der Waals surface area contributed by atoms with Gasteiger partial charge in [0.2, 0.25) is 0 Å². The molecule has 0 amide bonds. The van der Waals surface area contributed by atoms with Crippen LogP contribution < -0.4 is 9.47 Å². The molecule has 0 unspecified atom stereocenters. The van der Waals surface area contributed by atoms with Gasteiger partial charge in [-0.05, 0) is 17.7 Å². The molecular weight excluding hydrogens is 224 g/mol. The van der Waals surface area contributed by atoms with E-state index < -0.39 is 0 Å². The SMILES string of the molecule is SCC1(c2ccc3c(c2)OCCO3)COC1. The molecule has 0 aromatic heterocycles. The summed E-state index contributed by atoms with van der Waals surface area (Å²) in [5.74, 6) is 2.48. The van der Waals surface area contributed by atoms with Gasteiger partial charge in [0.25, 0.3) is 0 Å². The van der Waals surface area contributed by atoms with Crippen molar-refractivity contribution in [2.75, 3.05) is 32.2 Å². The minimum atomic E-state index is 0.0684. The predicted octanol–water partition coefficient (Wildman–Crippen LogP) is 1.66. The summed E-state index contributed by atoms with van der Waals surface area (Å²) < 4.78 is 16.4. The Morgan fingerprint density at radius 3 is 2.50 bits per heavy atom. The van der Waals surface area contributed by atoms with Crippen molar-refractivity contribution in [1.82, 2.24) is 0 Å². The van der Waals surface area contributed by atoms with Crippen molar-refractivity contribution in [3.05, 3.63) is 23.8 Å². The lowest BCUT2D eigenvalue weighted by atomic mass is 9.80. The highest BCUT2D eigenvalue weighted by Gasteiger charge is 2.39. The van der Waals surface area contributed by atoms with Crippen molar-refractivity contribution < 1.29 is 14.2 Å². The van der Waals surface area contributed by atoms with Gasteiger partial charge in [0.1, 0.15) is 13.2 Å². The van der Waals surface area contributed by atoms with E-state index in [0.717, 1.165) is 30.5 Å². The zero-order chi connectivity index (χ0) is 11.0. The topological polar surface area (TPSA) is 27.7 Å². The van der Waals surface area contributed by atoms with Crippen LogP contribution in [-0.4, -0.2) is 32.2 Å². The largest absolute Gasteiger partial charge is 0.486 e. The average molecular weight is 238 g/mol. The van der Waals surface area contributed by atoms with Crippen molar-refractivity contribution in [2.24, 2.45) is 0 Å². The Bertz CT molecular complexity index is 396. The van der Waals surface area contributed by atoms with E-state index in [1.54, 1.807) is 0 Å². The molecule has 4 heteroatoms. The number of hydrogen-bond donors (Lipinski definition) is 1. The number of hydrogen-bond acceptors (Lipinski definition) is 4. The van der Waals surface area contributed by atoms with Crippen LogP contribution in [0.3, 0.4) is 0 Å². The summed E-state index contributed by atoms with van der Waals surface area (Å²) in [5, 5.41) is 0. The van der Waals surface area contributed by atoms with Crippen LogP contribution in [0.5, 0.6) is 11.5 Å². The molecule has 16 heavy (non-hydrogen) atoms. The summed E-state index contributed by atoms with van der Waals surface area (Å²) in [6, 6.07) is 6.13. The molecule has 3 nitrogen and oxygen atoms in total. The second-order valence-electron chi connectivity index (χ2n) is 4.29. The Balaban J connectivity index is 1.96. The second-order valence-corrected chi connectivity index (χ2v) is 4.61. The Morgan fingerprint density at radius 2 is 1.88 bits per heavy atom. The molecule has 0 radical (unpaired) electrons. The van der Waals surface area contributed by atoms with Crippen molar-refractivity contribution in [2.45, 2.75) is 5.41 Å². The molecule has 0 N–H and O–H groups in total. The number of fused-ring (bicyclic) bond motifs is 1. The maximum atomic E-state index is 5.58.